The van der Waals surface area contributed by atoms with Crippen molar-refractivity contribution in [2.24, 2.45) is 5.41 Å². The number of ether oxygens (including phenoxy) is 3. The molecule has 0 spiro atoms. The van der Waals surface area contributed by atoms with Crippen molar-refractivity contribution in [3.63, 3.8) is 0 Å². The van der Waals surface area contributed by atoms with Gasteiger partial charge in [0.2, 0.25) is 0 Å². The molecule has 0 fully saturated rings. The maximum absolute atomic E-state index is 8.43. The summed E-state index contributed by atoms with van der Waals surface area (Å²) in [5.74, 6) is 0. The Hall–Kier alpha value is -0.160. The third-order valence-electron chi connectivity index (χ3n) is 1.51. The van der Waals surface area contributed by atoms with E-state index in [-0.39, 0.29) is 12.0 Å². The highest BCUT2D eigenvalue weighted by molar-refractivity contribution is 4.58. The van der Waals surface area contributed by atoms with Gasteiger partial charge in [0.25, 0.3) is 0 Å². The Morgan fingerprint density at radius 2 is 1.27 bits per heavy atom. The SMILES string of the molecule is CC(C)(C)COCCOCCOCCO. The maximum Gasteiger partial charge on any atom is 0.0701 e. The van der Waals surface area contributed by atoms with Crippen LogP contribution in [0.25, 0.3) is 0 Å². The smallest absolute Gasteiger partial charge is 0.0701 e. The molecule has 0 unspecified atom stereocenters. The van der Waals surface area contributed by atoms with E-state index in [9.17, 15) is 0 Å². The van der Waals surface area contributed by atoms with E-state index < -0.39 is 0 Å². The standard InChI is InChI=1S/C11H24O4/c1-11(2,3)10-15-9-8-14-7-6-13-5-4-12/h12H,4-10H2,1-3H3. The van der Waals surface area contributed by atoms with E-state index >= 15 is 0 Å². The molecule has 0 saturated heterocycles. The van der Waals surface area contributed by atoms with Crippen LogP contribution in [0, 0.1) is 5.41 Å². The molecule has 0 aromatic rings. The first-order valence-electron chi connectivity index (χ1n) is 5.40. The van der Waals surface area contributed by atoms with Crippen LogP contribution in [0.5, 0.6) is 0 Å². The van der Waals surface area contributed by atoms with Crippen LogP contribution in [0.1, 0.15) is 20.8 Å². The number of rotatable bonds is 9. The molecule has 0 aliphatic rings. The summed E-state index contributed by atoms with van der Waals surface area (Å²) in [6.45, 7) is 9.90. The molecule has 1 N–H and O–H groups in total. The molecule has 0 aromatic heterocycles. The Morgan fingerprint density at radius 3 is 1.73 bits per heavy atom. The van der Waals surface area contributed by atoms with Gasteiger partial charge in [0, 0.05) is 0 Å². The molecule has 0 radical (unpaired) electrons. The van der Waals surface area contributed by atoms with Gasteiger partial charge in [0.1, 0.15) is 0 Å². The van der Waals surface area contributed by atoms with Crippen LogP contribution in [0.4, 0.5) is 0 Å². The van der Waals surface area contributed by atoms with Gasteiger partial charge in [-0.25, -0.2) is 0 Å². The zero-order chi connectivity index (χ0) is 11.6. The molecule has 0 saturated carbocycles. The summed E-state index contributed by atoms with van der Waals surface area (Å²) in [5.41, 5.74) is 0.213. The minimum Gasteiger partial charge on any atom is -0.394 e. The molecule has 92 valence electrons. The Morgan fingerprint density at radius 1 is 0.800 bits per heavy atom. The highest BCUT2D eigenvalue weighted by Crippen LogP contribution is 2.12. The van der Waals surface area contributed by atoms with Gasteiger partial charge in [-0.3, -0.25) is 0 Å². The predicted octanol–water partition coefficient (Wildman–Crippen LogP) is 1.07. The fourth-order valence-electron chi connectivity index (χ4n) is 0.883. The molecule has 15 heavy (non-hydrogen) atoms. The third kappa shape index (κ3) is 13.8. The van der Waals surface area contributed by atoms with Crippen LogP contribution in [-0.2, 0) is 14.2 Å². The van der Waals surface area contributed by atoms with E-state index in [4.69, 9.17) is 19.3 Å². The minimum atomic E-state index is 0.0642. The van der Waals surface area contributed by atoms with Crippen molar-refractivity contribution in [3.05, 3.63) is 0 Å². The highest BCUT2D eigenvalue weighted by Gasteiger charge is 2.09. The Kier molecular flexibility index (Phi) is 9.00. The van der Waals surface area contributed by atoms with Crippen LogP contribution in [0.3, 0.4) is 0 Å². The molecule has 0 aromatic carbocycles. The molecule has 0 rings (SSSR count). The lowest BCUT2D eigenvalue weighted by atomic mass is 9.99. The average molecular weight is 220 g/mol. The maximum atomic E-state index is 8.43. The Bertz CT molecular complexity index is 131. The molecule has 0 bridgehead atoms. The van der Waals surface area contributed by atoms with Crippen LogP contribution in [0.15, 0.2) is 0 Å². The topological polar surface area (TPSA) is 47.9 Å². The van der Waals surface area contributed by atoms with Crippen LogP contribution in [-0.4, -0.2) is 51.4 Å². The van der Waals surface area contributed by atoms with Crippen molar-refractivity contribution < 1.29 is 19.3 Å². The van der Waals surface area contributed by atoms with Gasteiger partial charge >= 0.3 is 0 Å². The van der Waals surface area contributed by atoms with Gasteiger partial charge < -0.3 is 19.3 Å². The van der Waals surface area contributed by atoms with E-state index in [0.29, 0.717) is 33.0 Å². The largest absolute Gasteiger partial charge is 0.394 e. The second-order valence-corrected chi connectivity index (χ2v) is 4.56. The highest BCUT2D eigenvalue weighted by atomic mass is 16.5. The zero-order valence-corrected chi connectivity index (χ0v) is 10.1. The first-order valence-corrected chi connectivity index (χ1v) is 5.40. The monoisotopic (exact) mass is 220 g/mol. The van der Waals surface area contributed by atoms with Crippen LogP contribution in [0.2, 0.25) is 0 Å². The quantitative estimate of drug-likeness (QED) is 0.591. The van der Waals surface area contributed by atoms with E-state index in [1.165, 1.54) is 0 Å². The van der Waals surface area contributed by atoms with E-state index in [0.717, 1.165) is 6.61 Å². The van der Waals surface area contributed by atoms with Crippen molar-refractivity contribution in [1.82, 2.24) is 0 Å². The molecular weight excluding hydrogens is 196 g/mol. The minimum absolute atomic E-state index is 0.0642. The first-order chi connectivity index (χ1) is 7.06. The summed E-state index contributed by atoms with van der Waals surface area (Å²) in [7, 11) is 0. The van der Waals surface area contributed by atoms with Crippen molar-refractivity contribution in [1.29, 1.82) is 0 Å². The van der Waals surface area contributed by atoms with Crippen LogP contribution >= 0.6 is 0 Å². The van der Waals surface area contributed by atoms with E-state index in [1.807, 2.05) is 0 Å². The van der Waals surface area contributed by atoms with Gasteiger partial charge in [-0.05, 0) is 5.41 Å². The summed E-state index contributed by atoms with van der Waals surface area (Å²) in [6.07, 6.45) is 0. The van der Waals surface area contributed by atoms with Crippen molar-refractivity contribution in [2.75, 3.05) is 46.2 Å². The number of aliphatic hydroxyl groups is 1. The van der Waals surface area contributed by atoms with Crippen molar-refractivity contribution >= 4 is 0 Å². The number of hydrogen-bond donors (Lipinski definition) is 1. The summed E-state index contributed by atoms with van der Waals surface area (Å²) < 4.78 is 15.7. The zero-order valence-electron chi connectivity index (χ0n) is 10.1. The second kappa shape index (κ2) is 9.09. The van der Waals surface area contributed by atoms with Crippen LogP contribution < -0.4 is 0 Å². The number of hydrogen-bond acceptors (Lipinski definition) is 4. The lowest BCUT2D eigenvalue weighted by Gasteiger charge is -2.17. The van der Waals surface area contributed by atoms with Crippen molar-refractivity contribution in [3.8, 4) is 0 Å². The van der Waals surface area contributed by atoms with Gasteiger partial charge in [-0.2, -0.15) is 0 Å². The predicted molar refractivity (Wildman–Crippen MR) is 59.0 cm³/mol. The molecule has 0 aliphatic carbocycles. The molecule has 4 heteroatoms. The summed E-state index contributed by atoms with van der Waals surface area (Å²) in [5, 5.41) is 8.43. The average Bonchev–Trinajstić information content (AvgIpc) is 2.14. The van der Waals surface area contributed by atoms with Gasteiger partial charge in [0.05, 0.1) is 46.2 Å². The summed E-state index contributed by atoms with van der Waals surface area (Å²) in [6, 6.07) is 0. The fraction of sp³-hybridized carbons (Fsp3) is 1.00. The molecule has 0 aliphatic heterocycles. The third-order valence-corrected chi connectivity index (χ3v) is 1.51. The lowest BCUT2D eigenvalue weighted by molar-refractivity contribution is -0.00486. The molecule has 0 amide bonds. The fourth-order valence-corrected chi connectivity index (χ4v) is 0.883. The summed E-state index contributed by atoms with van der Waals surface area (Å²) in [4.78, 5) is 0. The van der Waals surface area contributed by atoms with E-state index in [2.05, 4.69) is 20.8 Å². The Labute approximate surface area is 92.5 Å². The summed E-state index contributed by atoms with van der Waals surface area (Å²) >= 11 is 0. The van der Waals surface area contributed by atoms with Crippen molar-refractivity contribution in [2.45, 2.75) is 20.8 Å². The number of aliphatic hydroxyl groups excluding tert-OH is 1. The lowest BCUT2D eigenvalue weighted by Crippen LogP contribution is -2.17. The van der Waals surface area contributed by atoms with Gasteiger partial charge in [0.15, 0.2) is 0 Å². The second-order valence-electron chi connectivity index (χ2n) is 4.56. The van der Waals surface area contributed by atoms with Gasteiger partial charge in [-0.1, -0.05) is 20.8 Å². The molecular formula is C11H24O4. The molecule has 0 heterocycles. The van der Waals surface area contributed by atoms with Gasteiger partial charge in [-0.15, -0.1) is 0 Å². The van der Waals surface area contributed by atoms with E-state index in [1.54, 1.807) is 0 Å². The Balaban J connectivity index is 2.99. The first kappa shape index (κ1) is 14.8. The molecule has 4 nitrogen and oxygen atoms in total. The normalized spacial score (nSPS) is 12.0. The molecule has 0 atom stereocenters.